The average molecular weight is 615 g/mol. The smallest absolute Gasteiger partial charge is 0.299 e. The van der Waals surface area contributed by atoms with Crippen LogP contribution in [0.4, 0.5) is 11.9 Å². The van der Waals surface area contributed by atoms with Crippen molar-refractivity contribution in [2.75, 3.05) is 0 Å². The van der Waals surface area contributed by atoms with Crippen LogP contribution in [0, 0.1) is 0 Å². The Hall–Kier alpha value is -4.76. The van der Waals surface area contributed by atoms with Gasteiger partial charge in [-0.05, 0) is 48.5 Å². The SMILES string of the molecule is [S-][NH+]1C2=NC3(c4ccccn4)N4Cn5c(nc6ccccc65)[NH+]([S-])C4=NC3(c3ccccn3)N2Cn2c1nc1ccccc12. The van der Waals surface area contributed by atoms with E-state index in [1.54, 1.807) is 12.4 Å². The summed E-state index contributed by atoms with van der Waals surface area (Å²) in [6.45, 7) is 0.815. The number of nitrogens with one attached hydrogen (secondary N) is 2. The van der Waals surface area contributed by atoms with E-state index in [1.807, 2.05) is 72.8 Å². The van der Waals surface area contributed by atoms with Crippen molar-refractivity contribution in [2.45, 2.75) is 24.7 Å². The Bertz CT molecular complexity index is 2060. The summed E-state index contributed by atoms with van der Waals surface area (Å²) in [7, 11) is 0. The molecule has 10 rings (SSSR count). The van der Waals surface area contributed by atoms with Crippen LogP contribution in [0.1, 0.15) is 11.4 Å². The number of rotatable bonds is 2. The highest BCUT2D eigenvalue weighted by Crippen LogP contribution is 2.58. The number of benzene rings is 2. The summed E-state index contributed by atoms with van der Waals surface area (Å²) in [6, 6.07) is 27.9. The van der Waals surface area contributed by atoms with Gasteiger partial charge in [0.25, 0.3) is 23.8 Å². The van der Waals surface area contributed by atoms with E-state index in [0.29, 0.717) is 57.2 Å². The van der Waals surface area contributed by atoms with Crippen LogP contribution in [0.15, 0.2) is 107 Å². The lowest BCUT2D eigenvalue weighted by atomic mass is 9.86. The van der Waals surface area contributed by atoms with Crippen LogP contribution < -0.4 is 8.61 Å². The molecule has 0 amide bonds. The van der Waals surface area contributed by atoms with Crippen LogP contribution in [0.3, 0.4) is 0 Å². The lowest BCUT2D eigenvalue weighted by molar-refractivity contribution is -0.585. The largest absolute Gasteiger partial charge is 0.477 e. The lowest BCUT2D eigenvalue weighted by Crippen LogP contribution is -3.10. The number of nitrogens with zero attached hydrogens (tertiary/aromatic N) is 10. The Morgan fingerprint density at radius 1 is 0.568 bits per heavy atom. The number of quaternary nitrogens is 2. The molecule has 4 aromatic heterocycles. The Labute approximate surface area is 261 Å². The van der Waals surface area contributed by atoms with Gasteiger partial charge in [-0.1, -0.05) is 36.4 Å². The topological polar surface area (TPSA) is 101 Å². The van der Waals surface area contributed by atoms with Crippen molar-refractivity contribution < 1.29 is 8.61 Å². The van der Waals surface area contributed by atoms with E-state index < -0.39 is 11.3 Å². The first kappa shape index (κ1) is 24.7. The summed E-state index contributed by atoms with van der Waals surface area (Å²) in [4.78, 5) is 35.3. The van der Waals surface area contributed by atoms with E-state index >= 15 is 0 Å². The van der Waals surface area contributed by atoms with E-state index in [1.165, 1.54) is 0 Å². The second-order valence-electron chi connectivity index (χ2n) is 11.1. The van der Waals surface area contributed by atoms with Gasteiger partial charge in [0, 0.05) is 12.4 Å². The highest BCUT2D eigenvalue weighted by atomic mass is 32.1. The minimum absolute atomic E-state index is 0.408. The van der Waals surface area contributed by atoms with Crippen molar-refractivity contribution >= 4 is 71.5 Å². The first-order valence-corrected chi connectivity index (χ1v) is 15.0. The molecular weight excluding hydrogens is 593 g/mol. The molecule has 12 nitrogen and oxygen atoms in total. The van der Waals surface area contributed by atoms with Gasteiger partial charge in [-0.2, -0.15) is 20.0 Å². The third kappa shape index (κ3) is 2.80. The molecule has 0 radical (unpaired) electrons. The van der Waals surface area contributed by atoms with Crippen molar-refractivity contribution in [1.82, 2.24) is 38.9 Å². The van der Waals surface area contributed by atoms with Gasteiger partial charge in [0.15, 0.2) is 0 Å². The Kier molecular flexibility index (Phi) is 4.73. The summed E-state index contributed by atoms with van der Waals surface area (Å²) in [5, 5.41) is 0. The molecule has 6 aromatic rings. The molecule has 0 spiro atoms. The number of fused-ring (bicyclic) bond motifs is 11. The van der Waals surface area contributed by atoms with Gasteiger partial charge in [0.05, 0.1) is 33.5 Å². The fourth-order valence-corrected chi connectivity index (χ4v) is 7.85. The molecule has 8 heterocycles. The van der Waals surface area contributed by atoms with Crippen LogP contribution in [0.2, 0.25) is 0 Å². The van der Waals surface area contributed by atoms with Gasteiger partial charge in [-0.25, -0.2) is 0 Å². The van der Waals surface area contributed by atoms with Crippen LogP contribution in [0.5, 0.6) is 0 Å². The molecule has 0 saturated heterocycles. The molecule has 14 heteroatoms. The molecule has 0 saturated carbocycles. The summed E-state index contributed by atoms with van der Waals surface area (Å²) < 4.78 is 5.39. The first-order chi connectivity index (χ1) is 21.6. The van der Waals surface area contributed by atoms with E-state index in [9.17, 15) is 0 Å². The number of pyridine rings is 2. The van der Waals surface area contributed by atoms with Crippen LogP contribution in [0.25, 0.3) is 22.1 Å². The van der Waals surface area contributed by atoms with Gasteiger partial charge in [-0.15, -0.1) is 0 Å². The molecule has 0 bridgehead atoms. The number of aliphatic imine (C=N–C) groups is 2. The molecule has 2 N–H and O–H groups in total. The number of hydrogen-bond acceptors (Lipinski definition) is 10. The average Bonchev–Trinajstić information content (AvgIpc) is 3.79. The summed E-state index contributed by atoms with van der Waals surface area (Å²) in [5.41, 5.74) is 2.78. The van der Waals surface area contributed by atoms with Crippen molar-refractivity contribution in [3.05, 3.63) is 109 Å². The summed E-state index contributed by atoms with van der Waals surface area (Å²) in [6.07, 6.45) is 3.58. The van der Waals surface area contributed by atoms with Crippen molar-refractivity contribution in [1.29, 1.82) is 0 Å². The number of imidazole rings is 2. The molecule has 0 aliphatic carbocycles. The molecule has 214 valence electrons. The van der Waals surface area contributed by atoms with Crippen molar-refractivity contribution in [2.24, 2.45) is 9.98 Å². The number of hydrogen-bond donors (Lipinski definition) is 2. The maximum Gasteiger partial charge on any atom is 0.299 e. The molecular formula is C30H22N12S2. The van der Waals surface area contributed by atoms with Crippen LogP contribution >= 0.6 is 0 Å². The lowest BCUT2D eigenvalue weighted by Gasteiger charge is -2.45. The fraction of sp³-hybridized carbons (Fsp3) is 0.133. The van der Waals surface area contributed by atoms with E-state index in [-0.39, 0.29) is 0 Å². The second-order valence-corrected chi connectivity index (χ2v) is 12.0. The highest BCUT2D eigenvalue weighted by molar-refractivity contribution is 7.52. The fourth-order valence-electron chi connectivity index (χ4n) is 7.23. The zero-order valence-electron chi connectivity index (χ0n) is 22.9. The maximum atomic E-state index is 6.19. The number of para-hydroxylation sites is 4. The summed E-state index contributed by atoms with van der Waals surface area (Å²) >= 11 is 12.4. The summed E-state index contributed by atoms with van der Waals surface area (Å²) in [5.74, 6) is 2.69. The third-order valence-electron chi connectivity index (χ3n) is 9.05. The Morgan fingerprint density at radius 3 is 1.43 bits per heavy atom. The van der Waals surface area contributed by atoms with Gasteiger partial charge in [-0.3, -0.25) is 28.9 Å². The minimum Gasteiger partial charge on any atom is -0.477 e. The van der Waals surface area contributed by atoms with E-state index in [0.717, 1.165) is 22.1 Å². The van der Waals surface area contributed by atoms with E-state index in [4.69, 9.17) is 55.6 Å². The molecule has 4 aliphatic rings. The molecule has 0 fully saturated rings. The molecule has 44 heavy (non-hydrogen) atoms. The molecule has 4 unspecified atom stereocenters. The Balaban J connectivity index is 1.29. The van der Waals surface area contributed by atoms with Crippen molar-refractivity contribution in [3.8, 4) is 0 Å². The normalized spacial score (nSPS) is 26.6. The second kappa shape index (κ2) is 8.45. The van der Waals surface area contributed by atoms with E-state index in [2.05, 4.69) is 31.1 Å². The highest BCUT2D eigenvalue weighted by Gasteiger charge is 2.76. The zero-order chi connectivity index (χ0) is 29.2. The standard InChI is InChI=1S/C30H22N12S2/c43-41-25-33-19-9-1-3-11-21(19)37(25)17-39-27(41)35-30(24-14-6-8-16-32-24)29(39,23-13-5-7-15-31-23)36-28-40(30)18-38-22-12-4-2-10-20(22)34-26(38)42(28)44/h1-16,41-42H,17-18H2. The van der Waals surface area contributed by atoms with Crippen LogP contribution in [-0.4, -0.2) is 50.8 Å². The van der Waals surface area contributed by atoms with Gasteiger partial charge >= 0.3 is 0 Å². The Morgan fingerprint density at radius 2 is 1.00 bits per heavy atom. The predicted molar refractivity (Wildman–Crippen MR) is 166 cm³/mol. The van der Waals surface area contributed by atoms with Gasteiger partial charge in [0.1, 0.15) is 13.3 Å². The molecule has 4 atom stereocenters. The first-order valence-electron chi connectivity index (χ1n) is 14.2. The third-order valence-corrected chi connectivity index (χ3v) is 9.78. The minimum atomic E-state index is -1.19. The molecule has 2 aromatic carbocycles. The zero-order valence-corrected chi connectivity index (χ0v) is 24.6. The monoisotopic (exact) mass is 614 g/mol. The van der Waals surface area contributed by atoms with Crippen molar-refractivity contribution in [3.63, 3.8) is 0 Å². The van der Waals surface area contributed by atoms with Gasteiger partial charge < -0.3 is 34.2 Å². The number of guanidine groups is 2. The molecule has 4 aliphatic heterocycles. The number of aromatic nitrogens is 6. The quantitative estimate of drug-likeness (QED) is 0.277. The van der Waals surface area contributed by atoms with Crippen LogP contribution in [-0.2, 0) is 50.3 Å². The van der Waals surface area contributed by atoms with Gasteiger partial charge in [0.2, 0.25) is 11.3 Å². The predicted octanol–water partition coefficient (Wildman–Crippen LogP) is 0.824. The maximum absolute atomic E-state index is 6.19.